The van der Waals surface area contributed by atoms with Crippen LogP contribution in [-0.4, -0.2) is 54.1 Å². The predicted molar refractivity (Wildman–Crippen MR) is 111 cm³/mol. The normalized spacial score (nSPS) is 14.8. The number of unbranched alkanes of at least 4 members (excludes halogenated alkanes) is 1. The van der Waals surface area contributed by atoms with Crippen LogP contribution in [0.2, 0.25) is 0 Å². The van der Waals surface area contributed by atoms with Crippen LogP contribution < -0.4 is 0 Å². The summed E-state index contributed by atoms with van der Waals surface area (Å²) in [5.74, 6) is 0.259. The maximum absolute atomic E-state index is 12.5. The smallest absolute Gasteiger partial charge is 0.225 e. The summed E-state index contributed by atoms with van der Waals surface area (Å²) in [5.41, 5.74) is 2.72. The molecule has 0 bridgehead atoms. The molecule has 0 aromatic heterocycles. The number of piperidine rings is 1. The Balaban J connectivity index is 1.80. The van der Waals surface area contributed by atoms with Crippen molar-refractivity contribution in [3.63, 3.8) is 0 Å². The molecule has 5 nitrogen and oxygen atoms in total. The van der Waals surface area contributed by atoms with E-state index in [2.05, 4.69) is 6.92 Å². The van der Waals surface area contributed by atoms with Gasteiger partial charge in [0, 0.05) is 51.0 Å². The number of hydrogen-bond donors (Lipinski definition) is 0. The van der Waals surface area contributed by atoms with Gasteiger partial charge in [-0.05, 0) is 44.7 Å². The van der Waals surface area contributed by atoms with E-state index in [1.54, 1.807) is 0 Å². The number of nitrogens with zero attached hydrogens (tertiary/aromatic N) is 2. The molecule has 2 amide bonds. The molecule has 2 rings (SSSR count). The molecule has 154 valence electrons. The molecule has 28 heavy (non-hydrogen) atoms. The Morgan fingerprint density at radius 2 is 1.79 bits per heavy atom. The lowest BCUT2D eigenvalue weighted by Gasteiger charge is -2.33. The third-order valence-corrected chi connectivity index (χ3v) is 5.68. The van der Waals surface area contributed by atoms with Crippen molar-refractivity contribution in [2.75, 3.05) is 26.7 Å². The molecule has 1 fully saturated rings. The molecule has 0 atom stereocenters. The van der Waals surface area contributed by atoms with Gasteiger partial charge in [0.05, 0.1) is 0 Å². The van der Waals surface area contributed by atoms with Gasteiger partial charge in [0.1, 0.15) is 0 Å². The highest BCUT2D eigenvalue weighted by Gasteiger charge is 2.29. The molecule has 1 aliphatic rings. The summed E-state index contributed by atoms with van der Waals surface area (Å²) in [6.45, 7) is 8.02. The summed E-state index contributed by atoms with van der Waals surface area (Å²) in [5, 5.41) is 0. The third-order valence-electron chi connectivity index (χ3n) is 5.68. The van der Waals surface area contributed by atoms with Crippen molar-refractivity contribution in [2.24, 2.45) is 5.92 Å². The van der Waals surface area contributed by atoms with E-state index in [1.807, 2.05) is 48.9 Å². The van der Waals surface area contributed by atoms with Gasteiger partial charge in [0.15, 0.2) is 5.78 Å². The van der Waals surface area contributed by atoms with E-state index in [4.69, 9.17) is 0 Å². The molecule has 0 aliphatic carbocycles. The van der Waals surface area contributed by atoms with E-state index in [9.17, 15) is 14.4 Å². The summed E-state index contributed by atoms with van der Waals surface area (Å²) in [7, 11) is 1.87. The van der Waals surface area contributed by atoms with Gasteiger partial charge in [-0.3, -0.25) is 14.4 Å². The van der Waals surface area contributed by atoms with Crippen LogP contribution in [0.5, 0.6) is 0 Å². The SMILES string of the molecule is CCCCN(C)C(=O)C1CCN(C(=O)CCC(=O)c2cc(C)ccc2C)CC1. The number of ketones is 1. The molecule has 1 aromatic rings. The molecule has 1 aliphatic heterocycles. The van der Waals surface area contributed by atoms with E-state index in [0.29, 0.717) is 31.5 Å². The minimum atomic E-state index is 0.0162. The van der Waals surface area contributed by atoms with Crippen LogP contribution in [0.4, 0.5) is 0 Å². The number of aryl methyl sites for hydroxylation is 2. The van der Waals surface area contributed by atoms with Crippen LogP contribution in [0.25, 0.3) is 0 Å². The van der Waals surface area contributed by atoms with Gasteiger partial charge in [-0.25, -0.2) is 0 Å². The molecule has 0 radical (unpaired) electrons. The minimum Gasteiger partial charge on any atom is -0.346 e. The summed E-state index contributed by atoms with van der Waals surface area (Å²) in [6, 6.07) is 5.83. The highest BCUT2D eigenvalue weighted by molar-refractivity contribution is 5.99. The van der Waals surface area contributed by atoms with Gasteiger partial charge in [0.2, 0.25) is 11.8 Å². The van der Waals surface area contributed by atoms with E-state index < -0.39 is 0 Å². The molecule has 0 saturated carbocycles. The van der Waals surface area contributed by atoms with Gasteiger partial charge < -0.3 is 9.80 Å². The van der Waals surface area contributed by atoms with Crippen molar-refractivity contribution in [3.8, 4) is 0 Å². The van der Waals surface area contributed by atoms with Crippen molar-refractivity contribution in [3.05, 3.63) is 34.9 Å². The number of Topliss-reactive ketones (excluding diaryl/α,β-unsaturated/α-hetero) is 1. The fraction of sp³-hybridized carbons (Fsp3) is 0.609. The number of amides is 2. The van der Waals surface area contributed by atoms with Crippen molar-refractivity contribution >= 4 is 17.6 Å². The third kappa shape index (κ3) is 5.91. The Labute approximate surface area is 169 Å². The van der Waals surface area contributed by atoms with Crippen molar-refractivity contribution in [1.82, 2.24) is 9.80 Å². The Morgan fingerprint density at radius 3 is 2.43 bits per heavy atom. The topological polar surface area (TPSA) is 57.7 Å². The van der Waals surface area contributed by atoms with Gasteiger partial charge >= 0.3 is 0 Å². The number of carbonyl (C=O) groups excluding carboxylic acids is 3. The van der Waals surface area contributed by atoms with Crippen LogP contribution in [0, 0.1) is 19.8 Å². The van der Waals surface area contributed by atoms with E-state index in [-0.39, 0.29) is 36.4 Å². The first-order valence-corrected chi connectivity index (χ1v) is 10.5. The van der Waals surface area contributed by atoms with E-state index >= 15 is 0 Å². The minimum absolute atomic E-state index is 0.0162. The zero-order valence-corrected chi connectivity index (χ0v) is 17.8. The monoisotopic (exact) mass is 386 g/mol. The van der Waals surface area contributed by atoms with Crippen molar-refractivity contribution in [1.29, 1.82) is 0 Å². The standard InChI is InChI=1S/C23H34N2O3/c1-5-6-13-24(4)23(28)19-11-14-25(15-12-19)22(27)10-9-21(26)20-16-17(2)7-8-18(20)3/h7-8,16,19H,5-6,9-15H2,1-4H3. The number of likely N-dealkylation sites (tertiary alicyclic amines) is 1. The maximum atomic E-state index is 12.5. The molecule has 0 unspecified atom stereocenters. The summed E-state index contributed by atoms with van der Waals surface area (Å²) >= 11 is 0. The maximum Gasteiger partial charge on any atom is 0.225 e. The summed E-state index contributed by atoms with van der Waals surface area (Å²) in [6.07, 6.45) is 4.00. The van der Waals surface area contributed by atoms with E-state index in [0.717, 1.165) is 30.5 Å². The zero-order chi connectivity index (χ0) is 20.7. The second-order valence-electron chi connectivity index (χ2n) is 8.01. The van der Waals surface area contributed by atoms with Crippen LogP contribution in [0.15, 0.2) is 18.2 Å². The van der Waals surface area contributed by atoms with Crippen LogP contribution in [0.3, 0.4) is 0 Å². The average molecular weight is 387 g/mol. The molecule has 1 saturated heterocycles. The Morgan fingerprint density at radius 1 is 1.11 bits per heavy atom. The van der Waals surface area contributed by atoms with Gasteiger partial charge in [0.25, 0.3) is 0 Å². The molecular weight excluding hydrogens is 352 g/mol. The molecular formula is C23H34N2O3. The average Bonchev–Trinajstić information content (AvgIpc) is 2.71. The van der Waals surface area contributed by atoms with Crippen molar-refractivity contribution < 1.29 is 14.4 Å². The highest BCUT2D eigenvalue weighted by Crippen LogP contribution is 2.21. The van der Waals surface area contributed by atoms with Crippen molar-refractivity contribution in [2.45, 2.75) is 59.3 Å². The number of carbonyl (C=O) groups is 3. The van der Waals surface area contributed by atoms with Gasteiger partial charge in [-0.15, -0.1) is 0 Å². The second-order valence-corrected chi connectivity index (χ2v) is 8.01. The quantitative estimate of drug-likeness (QED) is 0.639. The first kappa shape index (κ1) is 22.1. The first-order chi connectivity index (χ1) is 13.3. The van der Waals surface area contributed by atoms with Crippen LogP contribution in [0.1, 0.15) is 66.9 Å². The molecule has 5 heteroatoms. The lowest BCUT2D eigenvalue weighted by molar-refractivity contribution is -0.139. The fourth-order valence-electron chi connectivity index (χ4n) is 3.74. The summed E-state index contributed by atoms with van der Waals surface area (Å²) < 4.78 is 0. The van der Waals surface area contributed by atoms with E-state index in [1.165, 1.54) is 0 Å². The Kier molecular flexibility index (Phi) is 8.21. The predicted octanol–water partition coefficient (Wildman–Crippen LogP) is 3.76. The second kappa shape index (κ2) is 10.4. The molecule has 1 aromatic carbocycles. The highest BCUT2D eigenvalue weighted by atomic mass is 16.2. The lowest BCUT2D eigenvalue weighted by Crippen LogP contribution is -2.43. The largest absolute Gasteiger partial charge is 0.346 e. The first-order valence-electron chi connectivity index (χ1n) is 10.5. The number of benzene rings is 1. The lowest BCUT2D eigenvalue weighted by atomic mass is 9.94. The number of rotatable bonds is 8. The molecule has 1 heterocycles. The van der Waals surface area contributed by atoms with Crippen LogP contribution >= 0.6 is 0 Å². The summed E-state index contributed by atoms with van der Waals surface area (Å²) in [4.78, 5) is 41.1. The molecule has 0 spiro atoms. The van der Waals surface area contributed by atoms with Gasteiger partial charge in [-0.2, -0.15) is 0 Å². The fourth-order valence-corrected chi connectivity index (χ4v) is 3.74. The Hall–Kier alpha value is -2.17. The Bertz CT molecular complexity index is 706. The zero-order valence-electron chi connectivity index (χ0n) is 17.8. The number of hydrogen-bond acceptors (Lipinski definition) is 3. The van der Waals surface area contributed by atoms with Crippen LogP contribution in [-0.2, 0) is 9.59 Å². The van der Waals surface area contributed by atoms with Gasteiger partial charge in [-0.1, -0.05) is 31.0 Å². The molecule has 0 N–H and O–H groups in total.